The summed E-state index contributed by atoms with van der Waals surface area (Å²) in [7, 11) is 1.69. The highest BCUT2D eigenvalue weighted by Gasteiger charge is 2.26. The summed E-state index contributed by atoms with van der Waals surface area (Å²) in [5, 5.41) is 9.48. The molecule has 0 spiro atoms. The van der Waals surface area contributed by atoms with E-state index in [2.05, 4.69) is 52.3 Å². The van der Waals surface area contributed by atoms with Crippen LogP contribution >= 0.6 is 0 Å². The van der Waals surface area contributed by atoms with Gasteiger partial charge in [-0.25, -0.2) is 0 Å². The normalized spacial score (nSPS) is 19.0. The molecule has 4 nitrogen and oxygen atoms in total. The van der Waals surface area contributed by atoms with Crippen molar-refractivity contribution in [1.82, 2.24) is 9.80 Å². The van der Waals surface area contributed by atoms with Crippen molar-refractivity contribution >= 4 is 0 Å². The summed E-state index contributed by atoms with van der Waals surface area (Å²) < 4.78 is 5.23. The summed E-state index contributed by atoms with van der Waals surface area (Å²) in [5.74, 6) is 0.898. The highest BCUT2D eigenvalue weighted by Crippen LogP contribution is 2.19. The van der Waals surface area contributed by atoms with Crippen molar-refractivity contribution in [3.63, 3.8) is 0 Å². The van der Waals surface area contributed by atoms with Gasteiger partial charge in [-0.15, -0.1) is 0 Å². The number of hydrogen-bond acceptors (Lipinski definition) is 4. The summed E-state index contributed by atoms with van der Waals surface area (Å²) in [6, 6.07) is 19.3. The Morgan fingerprint density at radius 3 is 2.36 bits per heavy atom. The largest absolute Gasteiger partial charge is 0.497 e. The number of ether oxygens (including phenoxy) is 1. The van der Waals surface area contributed by atoms with E-state index in [-0.39, 0.29) is 6.61 Å². The van der Waals surface area contributed by atoms with E-state index in [0.717, 1.165) is 44.9 Å². The standard InChI is InChI=1S/C21H28N2O2/c1-25-21-9-7-19(8-10-21)15-22-12-13-23(20(17-22)11-14-24)16-18-5-3-2-4-6-18/h2-10,20,24H,11-17H2,1H3/t20-/m0/s1. The zero-order valence-electron chi connectivity index (χ0n) is 15.0. The fourth-order valence-corrected chi connectivity index (χ4v) is 3.54. The molecule has 1 fully saturated rings. The van der Waals surface area contributed by atoms with Gasteiger partial charge in [-0.1, -0.05) is 42.5 Å². The SMILES string of the molecule is COc1ccc(CN2CCN(Cc3ccccc3)[C@@H](CCO)C2)cc1. The van der Waals surface area contributed by atoms with Crippen molar-refractivity contribution in [2.45, 2.75) is 25.6 Å². The van der Waals surface area contributed by atoms with Crippen molar-refractivity contribution in [1.29, 1.82) is 0 Å². The van der Waals surface area contributed by atoms with Gasteiger partial charge in [0.1, 0.15) is 5.75 Å². The molecule has 0 radical (unpaired) electrons. The molecule has 1 N–H and O–H groups in total. The Balaban J connectivity index is 1.60. The summed E-state index contributed by atoms with van der Waals surface area (Å²) in [5.41, 5.74) is 2.65. The first kappa shape index (κ1) is 17.9. The molecule has 0 bridgehead atoms. The minimum Gasteiger partial charge on any atom is -0.497 e. The molecular formula is C21H28N2O2. The summed E-state index contributed by atoms with van der Waals surface area (Å²) >= 11 is 0. The van der Waals surface area contributed by atoms with Crippen molar-refractivity contribution in [2.24, 2.45) is 0 Å². The van der Waals surface area contributed by atoms with E-state index in [1.54, 1.807) is 7.11 Å². The number of rotatable bonds is 7. The zero-order chi connectivity index (χ0) is 17.5. The average molecular weight is 340 g/mol. The van der Waals surface area contributed by atoms with Gasteiger partial charge in [0.15, 0.2) is 0 Å². The molecule has 0 unspecified atom stereocenters. The van der Waals surface area contributed by atoms with E-state index in [1.807, 2.05) is 12.1 Å². The molecule has 3 rings (SSSR count). The Bertz CT molecular complexity index is 630. The van der Waals surface area contributed by atoms with E-state index in [4.69, 9.17) is 4.74 Å². The van der Waals surface area contributed by atoms with Crippen LogP contribution < -0.4 is 4.74 Å². The second-order valence-electron chi connectivity index (χ2n) is 6.71. The molecule has 134 valence electrons. The second-order valence-corrected chi connectivity index (χ2v) is 6.71. The fraction of sp³-hybridized carbons (Fsp3) is 0.429. The van der Waals surface area contributed by atoms with Crippen molar-refractivity contribution < 1.29 is 9.84 Å². The van der Waals surface area contributed by atoms with E-state index >= 15 is 0 Å². The molecular weight excluding hydrogens is 312 g/mol. The van der Waals surface area contributed by atoms with Gasteiger partial charge in [0.2, 0.25) is 0 Å². The second kappa shape index (κ2) is 8.99. The summed E-state index contributed by atoms with van der Waals surface area (Å²) in [6.45, 7) is 5.25. The maximum absolute atomic E-state index is 9.48. The molecule has 1 heterocycles. The van der Waals surface area contributed by atoms with Gasteiger partial charge in [-0.05, 0) is 29.7 Å². The van der Waals surface area contributed by atoms with Crippen LogP contribution in [0.3, 0.4) is 0 Å². The van der Waals surface area contributed by atoms with Gasteiger partial charge < -0.3 is 9.84 Å². The smallest absolute Gasteiger partial charge is 0.118 e. The van der Waals surface area contributed by atoms with Crippen molar-refractivity contribution in [3.05, 3.63) is 65.7 Å². The van der Waals surface area contributed by atoms with E-state index in [9.17, 15) is 5.11 Å². The molecule has 0 saturated carbocycles. The van der Waals surface area contributed by atoms with Crippen LogP contribution in [0.5, 0.6) is 5.75 Å². The minimum absolute atomic E-state index is 0.242. The number of aliphatic hydroxyl groups is 1. The Hall–Kier alpha value is -1.88. The minimum atomic E-state index is 0.242. The molecule has 0 aromatic heterocycles. The number of methoxy groups -OCH3 is 1. The monoisotopic (exact) mass is 340 g/mol. The fourth-order valence-electron chi connectivity index (χ4n) is 3.54. The van der Waals surface area contributed by atoms with Gasteiger partial charge >= 0.3 is 0 Å². The maximum atomic E-state index is 9.48. The molecule has 1 aliphatic heterocycles. The zero-order valence-corrected chi connectivity index (χ0v) is 15.0. The highest BCUT2D eigenvalue weighted by molar-refractivity contribution is 5.27. The van der Waals surface area contributed by atoms with E-state index in [0.29, 0.717) is 6.04 Å². The lowest BCUT2D eigenvalue weighted by Crippen LogP contribution is -2.52. The number of nitrogens with zero attached hydrogens (tertiary/aromatic N) is 2. The highest BCUT2D eigenvalue weighted by atomic mass is 16.5. The van der Waals surface area contributed by atoms with Crippen LogP contribution in [-0.4, -0.2) is 54.3 Å². The van der Waals surface area contributed by atoms with Gasteiger partial charge in [-0.3, -0.25) is 9.80 Å². The quantitative estimate of drug-likeness (QED) is 0.841. The molecule has 0 aliphatic carbocycles. The predicted octanol–water partition coefficient (Wildman–Crippen LogP) is 2.76. The predicted molar refractivity (Wildman–Crippen MR) is 101 cm³/mol. The van der Waals surface area contributed by atoms with E-state index < -0.39 is 0 Å². The van der Waals surface area contributed by atoms with Crippen LogP contribution in [-0.2, 0) is 13.1 Å². The van der Waals surface area contributed by atoms with Gasteiger partial charge in [-0.2, -0.15) is 0 Å². The van der Waals surface area contributed by atoms with Gasteiger partial charge in [0.25, 0.3) is 0 Å². The van der Waals surface area contributed by atoms with Gasteiger partial charge in [0.05, 0.1) is 7.11 Å². The van der Waals surface area contributed by atoms with Crippen LogP contribution in [0.15, 0.2) is 54.6 Å². The average Bonchev–Trinajstić information content (AvgIpc) is 2.65. The maximum Gasteiger partial charge on any atom is 0.118 e. The Labute approximate surface area is 150 Å². The number of benzene rings is 2. The molecule has 2 aromatic rings. The number of hydrogen-bond donors (Lipinski definition) is 1. The third-order valence-electron chi connectivity index (χ3n) is 4.94. The molecule has 0 amide bonds. The summed E-state index contributed by atoms with van der Waals surface area (Å²) in [4.78, 5) is 5.00. The van der Waals surface area contributed by atoms with E-state index in [1.165, 1.54) is 11.1 Å². The van der Waals surface area contributed by atoms with Crippen LogP contribution in [0.25, 0.3) is 0 Å². The Morgan fingerprint density at radius 1 is 0.960 bits per heavy atom. The number of aliphatic hydroxyl groups excluding tert-OH is 1. The molecule has 1 saturated heterocycles. The lowest BCUT2D eigenvalue weighted by atomic mass is 10.1. The third-order valence-corrected chi connectivity index (χ3v) is 4.94. The van der Waals surface area contributed by atoms with Crippen LogP contribution in [0, 0.1) is 0 Å². The van der Waals surface area contributed by atoms with Crippen molar-refractivity contribution in [3.8, 4) is 5.75 Å². The van der Waals surface area contributed by atoms with Crippen molar-refractivity contribution in [2.75, 3.05) is 33.4 Å². The number of piperazine rings is 1. The topological polar surface area (TPSA) is 35.9 Å². The summed E-state index contributed by atoms with van der Waals surface area (Å²) in [6.07, 6.45) is 0.825. The van der Waals surface area contributed by atoms with Crippen LogP contribution in [0.1, 0.15) is 17.5 Å². The lowest BCUT2D eigenvalue weighted by molar-refractivity contribution is 0.0500. The van der Waals surface area contributed by atoms with Crippen LogP contribution in [0.2, 0.25) is 0 Å². The first-order valence-corrected chi connectivity index (χ1v) is 9.02. The van der Waals surface area contributed by atoms with Crippen LogP contribution in [0.4, 0.5) is 0 Å². The lowest BCUT2D eigenvalue weighted by Gasteiger charge is -2.41. The van der Waals surface area contributed by atoms with Gasteiger partial charge in [0, 0.05) is 45.4 Å². The molecule has 1 aliphatic rings. The molecule has 1 atom stereocenters. The molecule has 4 heteroatoms. The molecule has 2 aromatic carbocycles. The molecule has 25 heavy (non-hydrogen) atoms. The first-order chi connectivity index (χ1) is 12.3. The third kappa shape index (κ3) is 5.05. The Kier molecular flexibility index (Phi) is 6.45. The Morgan fingerprint density at radius 2 is 1.68 bits per heavy atom. The first-order valence-electron chi connectivity index (χ1n) is 9.02.